The first-order chi connectivity index (χ1) is 13.3. The van der Waals surface area contributed by atoms with Crippen LogP contribution in [0.15, 0.2) is 79.1 Å². The van der Waals surface area contributed by atoms with Crippen molar-refractivity contribution < 1.29 is 4.79 Å². The lowest BCUT2D eigenvalue weighted by Crippen LogP contribution is -2.14. The molecule has 1 N–H and O–H groups in total. The van der Waals surface area contributed by atoms with Gasteiger partial charge in [0, 0.05) is 11.3 Å². The molecule has 2 aromatic heterocycles. The van der Waals surface area contributed by atoms with E-state index in [1.165, 1.54) is 0 Å². The molecule has 0 bridgehead atoms. The SMILES string of the molecule is O=C(Nc1cccc(Cn2cnnn2)c1)c1cccc(-c2ccccc2)n1. The van der Waals surface area contributed by atoms with E-state index in [1.54, 1.807) is 17.1 Å². The standard InChI is InChI=1S/C20H16N6O/c27-20(19-11-5-10-18(23-19)16-7-2-1-3-8-16)22-17-9-4-6-15(12-17)13-26-14-21-24-25-26/h1-12,14H,13H2,(H,22,27). The van der Waals surface area contributed by atoms with E-state index in [-0.39, 0.29) is 5.91 Å². The third-order valence-corrected chi connectivity index (χ3v) is 3.97. The third kappa shape index (κ3) is 4.04. The minimum atomic E-state index is -0.257. The van der Waals surface area contributed by atoms with Crippen molar-refractivity contribution in [2.45, 2.75) is 6.54 Å². The second kappa shape index (κ2) is 7.57. The molecule has 0 unspecified atom stereocenters. The van der Waals surface area contributed by atoms with Crippen LogP contribution in [0.3, 0.4) is 0 Å². The number of nitrogens with one attached hydrogen (secondary N) is 1. The molecule has 4 rings (SSSR count). The van der Waals surface area contributed by atoms with E-state index >= 15 is 0 Å². The third-order valence-electron chi connectivity index (χ3n) is 3.97. The molecule has 7 heteroatoms. The van der Waals surface area contributed by atoms with Crippen LogP contribution in [0.2, 0.25) is 0 Å². The van der Waals surface area contributed by atoms with Crippen molar-refractivity contribution in [1.82, 2.24) is 25.2 Å². The van der Waals surface area contributed by atoms with Gasteiger partial charge in [0.2, 0.25) is 0 Å². The highest BCUT2D eigenvalue weighted by atomic mass is 16.1. The largest absolute Gasteiger partial charge is 0.321 e. The average molecular weight is 356 g/mol. The number of benzene rings is 2. The van der Waals surface area contributed by atoms with Crippen molar-refractivity contribution in [3.8, 4) is 11.3 Å². The smallest absolute Gasteiger partial charge is 0.274 e. The van der Waals surface area contributed by atoms with Gasteiger partial charge >= 0.3 is 0 Å². The van der Waals surface area contributed by atoms with Crippen LogP contribution in [0.4, 0.5) is 5.69 Å². The summed E-state index contributed by atoms with van der Waals surface area (Å²) in [6, 6.07) is 22.7. The molecule has 0 aliphatic carbocycles. The zero-order valence-corrected chi connectivity index (χ0v) is 14.4. The van der Waals surface area contributed by atoms with Crippen molar-refractivity contribution in [2.24, 2.45) is 0 Å². The fraction of sp³-hybridized carbons (Fsp3) is 0.0500. The molecule has 0 spiro atoms. The van der Waals surface area contributed by atoms with Crippen LogP contribution in [0.25, 0.3) is 11.3 Å². The number of tetrazole rings is 1. The van der Waals surface area contributed by atoms with Gasteiger partial charge in [0.15, 0.2) is 0 Å². The Morgan fingerprint density at radius 2 is 1.81 bits per heavy atom. The highest BCUT2D eigenvalue weighted by Crippen LogP contribution is 2.17. The van der Waals surface area contributed by atoms with Gasteiger partial charge in [-0.05, 0) is 40.3 Å². The van der Waals surface area contributed by atoms with Gasteiger partial charge in [-0.15, -0.1) is 5.10 Å². The molecule has 0 aliphatic rings. The molecule has 0 atom stereocenters. The number of anilines is 1. The topological polar surface area (TPSA) is 85.6 Å². The Bertz CT molecular complexity index is 1050. The molecule has 27 heavy (non-hydrogen) atoms. The maximum atomic E-state index is 12.6. The molecule has 4 aromatic rings. The van der Waals surface area contributed by atoms with E-state index in [1.807, 2.05) is 66.7 Å². The number of amides is 1. The predicted octanol–water partition coefficient (Wildman–Crippen LogP) is 3.04. The van der Waals surface area contributed by atoms with Gasteiger partial charge < -0.3 is 5.32 Å². The summed E-state index contributed by atoms with van der Waals surface area (Å²) in [7, 11) is 0. The number of nitrogens with zero attached hydrogens (tertiary/aromatic N) is 5. The van der Waals surface area contributed by atoms with Crippen molar-refractivity contribution in [3.63, 3.8) is 0 Å². The molecule has 0 aliphatic heterocycles. The number of aromatic nitrogens is 5. The van der Waals surface area contributed by atoms with Gasteiger partial charge in [-0.25, -0.2) is 9.67 Å². The minimum absolute atomic E-state index is 0.257. The summed E-state index contributed by atoms with van der Waals surface area (Å²) in [5.74, 6) is -0.257. The van der Waals surface area contributed by atoms with Gasteiger partial charge in [-0.3, -0.25) is 4.79 Å². The van der Waals surface area contributed by atoms with E-state index in [0.29, 0.717) is 17.9 Å². The Hall–Kier alpha value is -3.87. The zero-order valence-electron chi connectivity index (χ0n) is 14.4. The molecule has 2 aromatic carbocycles. The summed E-state index contributed by atoms with van der Waals surface area (Å²) < 4.78 is 1.62. The zero-order chi connectivity index (χ0) is 18.5. The van der Waals surface area contributed by atoms with Crippen LogP contribution in [0.1, 0.15) is 16.1 Å². The summed E-state index contributed by atoms with van der Waals surface area (Å²) >= 11 is 0. The summed E-state index contributed by atoms with van der Waals surface area (Å²) in [5.41, 5.74) is 3.76. The number of hydrogen-bond donors (Lipinski definition) is 1. The Kier molecular flexibility index (Phi) is 4.65. The molecule has 7 nitrogen and oxygen atoms in total. The van der Waals surface area contributed by atoms with E-state index < -0.39 is 0 Å². The molecular formula is C20H16N6O. The highest BCUT2D eigenvalue weighted by molar-refractivity contribution is 6.03. The Morgan fingerprint density at radius 1 is 0.963 bits per heavy atom. The van der Waals surface area contributed by atoms with Crippen molar-refractivity contribution in [3.05, 3.63) is 90.4 Å². The van der Waals surface area contributed by atoms with Crippen molar-refractivity contribution in [1.29, 1.82) is 0 Å². The number of hydrogen-bond acceptors (Lipinski definition) is 5. The highest BCUT2D eigenvalue weighted by Gasteiger charge is 2.10. The van der Waals surface area contributed by atoms with Crippen LogP contribution in [0, 0.1) is 0 Å². The second-order valence-electron chi connectivity index (χ2n) is 5.94. The molecule has 1 amide bonds. The summed E-state index contributed by atoms with van der Waals surface area (Å²) in [6.07, 6.45) is 1.55. The van der Waals surface area contributed by atoms with E-state index in [0.717, 1.165) is 16.8 Å². The molecular weight excluding hydrogens is 340 g/mol. The molecule has 0 radical (unpaired) electrons. The van der Waals surface area contributed by atoms with E-state index in [4.69, 9.17) is 0 Å². The van der Waals surface area contributed by atoms with E-state index in [9.17, 15) is 4.79 Å². The van der Waals surface area contributed by atoms with Gasteiger partial charge in [0.25, 0.3) is 5.91 Å². The molecule has 0 saturated heterocycles. The van der Waals surface area contributed by atoms with Crippen LogP contribution in [0.5, 0.6) is 0 Å². The Morgan fingerprint density at radius 3 is 2.63 bits per heavy atom. The van der Waals surface area contributed by atoms with Crippen LogP contribution >= 0.6 is 0 Å². The first kappa shape index (κ1) is 16.6. The van der Waals surface area contributed by atoms with Gasteiger partial charge in [0.1, 0.15) is 12.0 Å². The Labute approximate surface area is 155 Å². The van der Waals surface area contributed by atoms with E-state index in [2.05, 4.69) is 25.8 Å². The molecule has 2 heterocycles. The predicted molar refractivity (Wildman–Crippen MR) is 101 cm³/mol. The van der Waals surface area contributed by atoms with Crippen LogP contribution in [-0.2, 0) is 6.54 Å². The molecule has 0 saturated carbocycles. The van der Waals surface area contributed by atoms with Crippen molar-refractivity contribution >= 4 is 11.6 Å². The monoisotopic (exact) mass is 356 g/mol. The van der Waals surface area contributed by atoms with Gasteiger partial charge in [0.05, 0.1) is 12.2 Å². The van der Waals surface area contributed by atoms with Crippen molar-refractivity contribution in [2.75, 3.05) is 5.32 Å². The minimum Gasteiger partial charge on any atom is -0.321 e. The quantitative estimate of drug-likeness (QED) is 0.594. The first-order valence-corrected chi connectivity index (χ1v) is 8.41. The lowest BCUT2D eigenvalue weighted by molar-refractivity contribution is 0.102. The summed E-state index contributed by atoms with van der Waals surface area (Å²) in [4.78, 5) is 17.1. The fourth-order valence-electron chi connectivity index (χ4n) is 2.71. The number of rotatable bonds is 5. The fourth-order valence-corrected chi connectivity index (χ4v) is 2.71. The maximum Gasteiger partial charge on any atom is 0.274 e. The normalized spacial score (nSPS) is 10.5. The maximum absolute atomic E-state index is 12.6. The first-order valence-electron chi connectivity index (χ1n) is 8.41. The molecule has 0 fully saturated rings. The average Bonchev–Trinajstić information content (AvgIpc) is 3.22. The number of carbonyl (C=O) groups is 1. The van der Waals surface area contributed by atoms with Gasteiger partial charge in [-0.1, -0.05) is 48.5 Å². The molecule has 132 valence electrons. The lowest BCUT2D eigenvalue weighted by atomic mass is 10.1. The second-order valence-corrected chi connectivity index (χ2v) is 5.94. The van der Waals surface area contributed by atoms with Crippen LogP contribution < -0.4 is 5.32 Å². The number of carbonyl (C=O) groups excluding carboxylic acids is 1. The Balaban J connectivity index is 1.51. The van der Waals surface area contributed by atoms with Gasteiger partial charge in [-0.2, -0.15) is 0 Å². The summed E-state index contributed by atoms with van der Waals surface area (Å²) in [6.45, 7) is 0.526. The summed E-state index contributed by atoms with van der Waals surface area (Å²) in [5, 5.41) is 14.0. The van der Waals surface area contributed by atoms with Crippen LogP contribution in [-0.4, -0.2) is 31.1 Å². The number of pyridine rings is 1. The lowest BCUT2D eigenvalue weighted by Gasteiger charge is -2.08.